The van der Waals surface area contributed by atoms with E-state index in [0.29, 0.717) is 31.1 Å². The van der Waals surface area contributed by atoms with E-state index in [-0.39, 0.29) is 0 Å². The van der Waals surface area contributed by atoms with Crippen LogP contribution in [-0.4, -0.2) is 48.9 Å². The van der Waals surface area contributed by atoms with Crippen molar-refractivity contribution in [3.63, 3.8) is 0 Å². The molecule has 1 aliphatic heterocycles. The molecule has 2 aromatic heterocycles. The molecule has 0 saturated heterocycles. The molecule has 3 heterocycles. The fourth-order valence-corrected chi connectivity index (χ4v) is 3.78. The summed E-state index contributed by atoms with van der Waals surface area (Å²) in [5, 5.41) is 18.2. The molecule has 0 saturated carbocycles. The van der Waals surface area contributed by atoms with E-state index in [1.54, 1.807) is 18.6 Å². The maximum absolute atomic E-state index is 11.2. The van der Waals surface area contributed by atoms with Gasteiger partial charge in [0, 0.05) is 30.9 Å². The molecule has 0 unspecified atom stereocenters. The number of nitrogens with zero attached hydrogens (tertiary/aromatic N) is 5. The maximum Gasteiger partial charge on any atom is 0.407 e. The molecule has 0 atom stereocenters. The summed E-state index contributed by atoms with van der Waals surface area (Å²) >= 11 is 0. The number of hydrogen-bond acceptors (Lipinski definition) is 5. The highest BCUT2D eigenvalue weighted by Crippen LogP contribution is 2.29. The summed E-state index contributed by atoms with van der Waals surface area (Å²) in [5.41, 5.74) is 4.13. The van der Waals surface area contributed by atoms with E-state index in [1.807, 2.05) is 47.2 Å². The third-order valence-electron chi connectivity index (χ3n) is 5.34. The number of nitrogens with one attached hydrogen (secondary N) is 1. The van der Waals surface area contributed by atoms with Gasteiger partial charge in [0.15, 0.2) is 5.82 Å². The van der Waals surface area contributed by atoms with Crippen LogP contribution in [0.5, 0.6) is 0 Å². The molecule has 1 amide bonds. The van der Waals surface area contributed by atoms with Crippen LogP contribution in [0.1, 0.15) is 12.0 Å². The number of rotatable bonds is 4. The number of anilines is 2. The molecule has 5 rings (SSSR count). The van der Waals surface area contributed by atoms with Crippen LogP contribution in [0.15, 0.2) is 73.2 Å². The molecule has 31 heavy (non-hydrogen) atoms. The van der Waals surface area contributed by atoms with Crippen molar-refractivity contribution in [1.82, 2.24) is 24.6 Å². The first-order chi connectivity index (χ1) is 15.2. The van der Waals surface area contributed by atoms with E-state index in [4.69, 9.17) is 10.2 Å². The van der Waals surface area contributed by atoms with E-state index in [1.165, 1.54) is 4.90 Å². The molecule has 0 aliphatic carbocycles. The molecular weight excluding hydrogens is 392 g/mol. The number of benzene rings is 2. The lowest BCUT2D eigenvalue weighted by Gasteiger charge is -2.24. The predicted octanol–water partition coefficient (Wildman–Crippen LogP) is 4.33. The zero-order chi connectivity index (χ0) is 21.2. The maximum atomic E-state index is 11.2. The molecule has 2 N–H and O–H groups in total. The summed E-state index contributed by atoms with van der Waals surface area (Å²) in [6.07, 6.45) is 6.71. The number of fused-ring (bicyclic) bond motifs is 1. The topological polar surface area (TPSA) is 96.2 Å². The van der Waals surface area contributed by atoms with Crippen LogP contribution in [0.2, 0.25) is 0 Å². The predicted molar refractivity (Wildman–Crippen MR) is 119 cm³/mol. The highest BCUT2D eigenvalue weighted by Gasteiger charge is 2.18. The number of carbonyl (C=O) groups is 1. The lowest BCUT2D eigenvalue weighted by molar-refractivity contribution is 0.150. The monoisotopic (exact) mass is 412 g/mol. The van der Waals surface area contributed by atoms with Gasteiger partial charge in [0.05, 0.1) is 17.4 Å². The van der Waals surface area contributed by atoms with Gasteiger partial charge in [-0.25, -0.2) is 14.5 Å². The Kier molecular flexibility index (Phi) is 4.80. The van der Waals surface area contributed by atoms with Gasteiger partial charge in [-0.2, -0.15) is 0 Å². The van der Waals surface area contributed by atoms with Gasteiger partial charge in [0.2, 0.25) is 0 Å². The molecule has 1 aliphatic rings. The molecular formula is C23H20N6O2. The molecule has 0 radical (unpaired) electrons. The zero-order valence-corrected chi connectivity index (χ0v) is 16.6. The molecule has 4 aromatic rings. The smallest absolute Gasteiger partial charge is 0.407 e. The minimum atomic E-state index is -0.879. The van der Waals surface area contributed by atoms with Gasteiger partial charge in [-0.1, -0.05) is 30.3 Å². The number of aromatic nitrogens is 4. The summed E-state index contributed by atoms with van der Waals surface area (Å²) in [4.78, 5) is 21.0. The number of hydrogen-bond donors (Lipinski definition) is 2. The van der Waals surface area contributed by atoms with Gasteiger partial charge in [-0.3, -0.25) is 4.98 Å². The van der Waals surface area contributed by atoms with Crippen LogP contribution in [0.25, 0.3) is 22.2 Å². The van der Waals surface area contributed by atoms with Crippen LogP contribution in [0, 0.1) is 0 Å². The van der Waals surface area contributed by atoms with E-state index in [9.17, 15) is 4.79 Å². The van der Waals surface area contributed by atoms with Crippen molar-refractivity contribution in [2.24, 2.45) is 0 Å². The fraction of sp³-hybridized carbons (Fsp3) is 0.130. The van der Waals surface area contributed by atoms with Crippen molar-refractivity contribution >= 4 is 34.2 Å². The highest BCUT2D eigenvalue weighted by atomic mass is 16.4. The average Bonchev–Trinajstić information content (AvgIpc) is 3.18. The van der Waals surface area contributed by atoms with Gasteiger partial charge in [0.1, 0.15) is 5.82 Å². The first kappa shape index (κ1) is 18.8. The van der Waals surface area contributed by atoms with E-state index < -0.39 is 6.09 Å². The third-order valence-corrected chi connectivity index (χ3v) is 5.34. The second-order valence-corrected chi connectivity index (χ2v) is 7.25. The van der Waals surface area contributed by atoms with E-state index in [2.05, 4.69) is 27.4 Å². The van der Waals surface area contributed by atoms with Crippen molar-refractivity contribution in [2.75, 3.05) is 18.4 Å². The van der Waals surface area contributed by atoms with Crippen LogP contribution >= 0.6 is 0 Å². The number of amides is 1. The largest absolute Gasteiger partial charge is 0.465 e. The summed E-state index contributed by atoms with van der Waals surface area (Å²) in [5.74, 6) is 1.33. The Hall–Kier alpha value is -4.20. The second kappa shape index (κ2) is 7.91. The minimum absolute atomic E-state index is 0.409. The quantitative estimate of drug-likeness (QED) is 0.518. The van der Waals surface area contributed by atoms with Crippen molar-refractivity contribution in [1.29, 1.82) is 0 Å². The van der Waals surface area contributed by atoms with Crippen LogP contribution in [0.3, 0.4) is 0 Å². The van der Waals surface area contributed by atoms with Gasteiger partial charge < -0.3 is 15.3 Å². The first-order valence-electron chi connectivity index (χ1n) is 9.97. The molecule has 8 heteroatoms. The number of carboxylic acid groups (broad SMARTS) is 1. The third kappa shape index (κ3) is 3.71. The molecule has 2 aromatic carbocycles. The van der Waals surface area contributed by atoms with Crippen molar-refractivity contribution < 1.29 is 9.90 Å². The van der Waals surface area contributed by atoms with E-state index in [0.717, 1.165) is 27.7 Å². The normalized spacial score (nSPS) is 13.8. The van der Waals surface area contributed by atoms with E-state index >= 15 is 0 Å². The second-order valence-electron chi connectivity index (χ2n) is 7.25. The summed E-state index contributed by atoms with van der Waals surface area (Å²) in [6.45, 7) is 0.911. The SMILES string of the molecule is O=C(O)N1CC=C(c2cccc(-n3nc(Nc4cnccn4)c4ccccc43)c2)CC1. The van der Waals surface area contributed by atoms with Crippen molar-refractivity contribution in [3.05, 3.63) is 78.8 Å². The standard InChI is InChI=1S/C23H20N6O2/c30-23(31)28-12-8-16(9-13-28)17-4-3-5-18(14-17)29-20-7-2-1-6-19(20)22(27-29)26-21-15-24-10-11-25-21/h1-8,10-11,14-15H,9,12-13H2,(H,30,31)(H,25,26,27). The van der Waals surface area contributed by atoms with Gasteiger partial charge >= 0.3 is 6.09 Å². The molecule has 0 fully saturated rings. The summed E-state index contributed by atoms with van der Waals surface area (Å²) < 4.78 is 1.91. The summed E-state index contributed by atoms with van der Waals surface area (Å²) in [6, 6.07) is 16.2. The molecule has 154 valence electrons. The Labute approximate surface area is 178 Å². The van der Waals surface area contributed by atoms with Gasteiger partial charge in [-0.05, 0) is 41.8 Å². The van der Waals surface area contributed by atoms with Crippen molar-refractivity contribution in [3.8, 4) is 5.69 Å². The van der Waals surface area contributed by atoms with Crippen molar-refractivity contribution in [2.45, 2.75) is 6.42 Å². The molecule has 0 bridgehead atoms. The first-order valence-corrected chi connectivity index (χ1v) is 9.97. The minimum Gasteiger partial charge on any atom is -0.465 e. The highest BCUT2D eigenvalue weighted by molar-refractivity contribution is 5.92. The lowest BCUT2D eigenvalue weighted by Crippen LogP contribution is -2.33. The Bertz CT molecular complexity index is 1280. The zero-order valence-electron chi connectivity index (χ0n) is 16.6. The number of para-hydroxylation sites is 1. The van der Waals surface area contributed by atoms with Gasteiger partial charge in [0.25, 0.3) is 0 Å². The Morgan fingerprint density at radius 3 is 2.77 bits per heavy atom. The van der Waals surface area contributed by atoms with Crippen LogP contribution < -0.4 is 5.32 Å². The average molecular weight is 412 g/mol. The molecule has 8 nitrogen and oxygen atoms in total. The molecule has 0 spiro atoms. The lowest BCUT2D eigenvalue weighted by atomic mass is 9.99. The fourth-order valence-electron chi connectivity index (χ4n) is 3.78. The van der Waals surface area contributed by atoms with Crippen LogP contribution in [0.4, 0.5) is 16.4 Å². The Balaban J connectivity index is 1.52. The summed E-state index contributed by atoms with van der Waals surface area (Å²) in [7, 11) is 0. The van der Waals surface area contributed by atoms with Gasteiger partial charge in [-0.15, -0.1) is 5.10 Å². The van der Waals surface area contributed by atoms with Crippen LogP contribution in [-0.2, 0) is 0 Å². The Morgan fingerprint density at radius 2 is 2.00 bits per heavy atom. The Morgan fingerprint density at radius 1 is 1.10 bits per heavy atom.